The van der Waals surface area contributed by atoms with Crippen LogP contribution in [0.3, 0.4) is 0 Å². The van der Waals surface area contributed by atoms with Crippen LogP contribution < -0.4 is 0 Å². The minimum Gasteiger partial charge on any atom is -0.208 e. The fourth-order valence-electron chi connectivity index (χ4n) is 9.56. The van der Waals surface area contributed by atoms with Gasteiger partial charge in [-0.25, -0.2) is 15.0 Å². The molecular formula is C58H37N3S. The molecule has 0 fully saturated rings. The van der Waals surface area contributed by atoms with Crippen molar-refractivity contribution in [3.8, 4) is 67.5 Å². The Hall–Kier alpha value is -7.79. The molecule has 1 aliphatic rings. The summed E-state index contributed by atoms with van der Waals surface area (Å²) in [5, 5.41) is 2.52. The summed E-state index contributed by atoms with van der Waals surface area (Å²) in [7, 11) is 0. The second-order valence-electron chi connectivity index (χ2n) is 15.9. The predicted octanol–water partition coefficient (Wildman–Crippen LogP) is 14.9. The average molecular weight is 808 g/mol. The van der Waals surface area contributed by atoms with Crippen LogP contribution in [0.2, 0.25) is 0 Å². The van der Waals surface area contributed by atoms with Crippen molar-refractivity contribution in [3.05, 3.63) is 247 Å². The molecule has 0 saturated carbocycles. The summed E-state index contributed by atoms with van der Waals surface area (Å²) in [4.78, 5) is 15.3. The molecule has 0 saturated heterocycles. The summed E-state index contributed by atoms with van der Waals surface area (Å²) < 4.78 is 2.55. The molecule has 12 rings (SSSR count). The van der Waals surface area contributed by atoms with Crippen LogP contribution in [0.5, 0.6) is 0 Å². The highest BCUT2D eigenvalue weighted by atomic mass is 32.1. The molecule has 0 N–H and O–H groups in total. The van der Waals surface area contributed by atoms with Crippen LogP contribution >= 0.6 is 11.3 Å². The van der Waals surface area contributed by atoms with Crippen LogP contribution in [0.1, 0.15) is 22.3 Å². The van der Waals surface area contributed by atoms with Crippen molar-refractivity contribution < 1.29 is 0 Å². The Labute approximate surface area is 364 Å². The van der Waals surface area contributed by atoms with Gasteiger partial charge < -0.3 is 0 Å². The molecule has 2 aromatic heterocycles. The molecule has 0 amide bonds. The topological polar surface area (TPSA) is 38.7 Å². The van der Waals surface area contributed by atoms with Crippen LogP contribution in [0, 0.1) is 0 Å². The maximum atomic E-state index is 5.14. The van der Waals surface area contributed by atoms with Gasteiger partial charge >= 0.3 is 0 Å². The normalized spacial score (nSPS) is 12.6. The Morgan fingerprint density at radius 3 is 1.34 bits per heavy atom. The van der Waals surface area contributed by atoms with E-state index in [1.807, 2.05) is 35.6 Å². The molecule has 0 radical (unpaired) electrons. The number of benzene rings is 9. The predicted molar refractivity (Wildman–Crippen MR) is 257 cm³/mol. The third-order valence-electron chi connectivity index (χ3n) is 12.4. The summed E-state index contributed by atoms with van der Waals surface area (Å²) in [6.45, 7) is 0. The zero-order valence-corrected chi connectivity index (χ0v) is 34.4. The smallest absolute Gasteiger partial charge is 0.164 e. The Kier molecular flexibility index (Phi) is 8.58. The zero-order chi connectivity index (χ0) is 41.0. The molecule has 0 atom stereocenters. The highest BCUT2D eigenvalue weighted by molar-refractivity contribution is 7.25. The SMILES string of the molecule is c1ccc(-c2cccc(-c3nc(-c4ccccc4)nc(-c4cccc(-c5ccc6sc7ccc(C8(c9ccccc9)c9ccccc9-c9ccccc98)cc7c6c5)c4)n3)c2)cc1. The van der Waals surface area contributed by atoms with E-state index in [1.165, 1.54) is 53.6 Å². The van der Waals surface area contributed by atoms with Gasteiger partial charge in [-0.05, 0) is 92.0 Å². The molecule has 0 aliphatic heterocycles. The molecule has 62 heavy (non-hydrogen) atoms. The Bertz CT molecular complexity index is 3420. The zero-order valence-electron chi connectivity index (χ0n) is 33.6. The van der Waals surface area contributed by atoms with E-state index >= 15 is 0 Å². The van der Waals surface area contributed by atoms with Crippen molar-refractivity contribution in [1.82, 2.24) is 15.0 Å². The van der Waals surface area contributed by atoms with E-state index in [-0.39, 0.29) is 0 Å². The van der Waals surface area contributed by atoms with Gasteiger partial charge in [0.15, 0.2) is 17.5 Å². The van der Waals surface area contributed by atoms with Gasteiger partial charge in [0.2, 0.25) is 0 Å². The van der Waals surface area contributed by atoms with E-state index in [9.17, 15) is 0 Å². The molecule has 4 heteroatoms. The van der Waals surface area contributed by atoms with Crippen LogP contribution in [-0.2, 0) is 5.41 Å². The highest BCUT2D eigenvalue weighted by Gasteiger charge is 2.46. The summed E-state index contributed by atoms with van der Waals surface area (Å²) >= 11 is 1.85. The minimum absolute atomic E-state index is 0.451. The fraction of sp³-hybridized carbons (Fsp3) is 0.0172. The van der Waals surface area contributed by atoms with Gasteiger partial charge in [-0.15, -0.1) is 11.3 Å². The minimum atomic E-state index is -0.451. The third kappa shape index (κ3) is 5.91. The van der Waals surface area contributed by atoms with E-state index in [2.05, 4.69) is 200 Å². The molecule has 1 aliphatic carbocycles. The Balaban J connectivity index is 0.985. The maximum absolute atomic E-state index is 5.14. The molecule has 290 valence electrons. The van der Waals surface area contributed by atoms with Crippen LogP contribution in [-0.4, -0.2) is 15.0 Å². The largest absolute Gasteiger partial charge is 0.208 e. The van der Waals surface area contributed by atoms with Gasteiger partial charge in [0.1, 0.15) is 0 Å². The van der Waals surface area contributed by atoms with Gasteiger partial charge in [0.25, 0.3) is 0 Å². The third-order valence-corrected chi connectivity index (χ3v) is 13.6. The number of aromatic nitrogens is 3. The molecule has 2 heterocycles. The first-order valence-electron chi connectivity index (χ1n) is 21.0. The second kappa shape index (κ2) is 14.7. The van der Waals surface area contributed by atoms with Gasteiger partial charge in [-0.2, -0.15) is 0 Å². The summed E-state index contributed by atoms with van der Waals surface area (Å²) in [6.07, 6.45) is 0. The van der Waals surface area contributed by atoms with Crippen molar-refractivity contribution in [3.63, 3.8) is 0 Å². The van der Waals surface area contributed by atoms with Gasteiger partial charge in [0, 0.05) is 36.9 Å². The van der Waals surface area contributed by atoms with Crippen LogP contribution in [0.4, 0.5) is 0 Å². The second-order valence-corrected chi connectivity index (χ2v) is 17.0. The molecule has 0 spiro atoms. The Morgan fingerprint density at radius 1 is 0.290 bits per heavy atom. The monoisotopic (exact) mass is 807 g/mol. The van der Waals surface area contributed by atoms with E-state index in [0.717, 1.165) is 38.9 Å². The van der Waals surface area contributed by atoms with E-state index in [1.54, 1.807) is 0 Å². The maximum Gasteiger partial charge on any atom is 0.164 e. The fourth-order valence-corrected chi connectivity index (χ4v) is 10.6. The number of thiophene rings is 1. The van der Waals surface area contributed by atoms with Gasteiger partial charge in [-0.1, -0.05) is 188 Å². The molecular weight excluding hydrogens is 771 g/mol. The van der Waals surface area contributed by atoms with Crippen molar-refractivity contribution in [2.75, 3.05) is 0 Å². The first-order valence-corrected chi connectivity index (χ1v) is 21.8. The summed E-state index contributed by atoms with van der Waals surface area (Å²) in [6, 6.07) is 80.6. The number of hydrogen-bond acceptors (Lipinski definition) is 4. The van der Waals surface area contributed by atoms with E-state index < -0.39 is 5.41 Å². The first-order chi connectivity index (χ1) is 30.7. The summed E-state index contributed by atoms with van der Waals surface area (Å²) in [5.74, 6) is 1.92. The number of hydrogen-bond donors (Lipinski definition) is 0. The molecule has 0 unspecified atom stereocenters. The summed E-state index contributed by atoms with van der Waals surface area (Å²) in [5.41, 5.74) is 14.7. The van der Waals surface area contributed by atoms with Crippen LogP contribution in [0.15, 0.2) is 224 Å². The number of fused-ring (bicyclic) bond motifs is 6. The molecule has 9 aromatic carbocycles. The first kappa shape index (κ1) is 36.1. The lowest BCUT2D eigenvalue weighted by molar-refractivity contribution is 0.770. The number of rotatable bonds is 7. The molecule has 11 aromatic rings. The Morgan fingerprint density at radius 2 is 0.726 bits per heavy atom. The van der Waals surface area contributed by atoms with Crippen molar-refractivity contribution in [2.24, 2.45) is 0 Å². The highest BCUT2D eigenvalue weighted by Crippen LogP contribution is 2.56. The standard InChI is InChI=1S/C58H37N3S/c1-4-16-38(17-5-1)40-20-14-22-43(34-40)56-59-55(39-18-6-2-7-19-39)60-57(61-56)44-23-15-21-41(35-44)42-30-32-53-49(36-42)50-37-46(31-33-54(50)62-53)58(45-24-8-3-9-25-45)51-28-12-10-26-47(51)48-27-11-13-29-52(48)58/h1-37H. The lowest BCUT2D eigenvalue weighted by atomic mass is 9.67. The van der Waals surface area contributed by atoms with Gasteiger partial charge in [-0.3, -0.25) is 0 Å². The van der Waals surface area contributed by atoms with E-state index in [0.29, 0.717) is 17.5 Å². The lowest BCUT2D eigenvalue weighted by Gasteiger charge is -2.34. The molecule has 3 nitrogen and oxygen atoms in total. The number of nitrogens with zero attached hydrogens (tertiary/aromatic N) is 3. The average Bonchev–Trinajstić information content (AvgIpc) is 3.88. The van der Waals surface area contributed by atoms with Gasteiger partial charge in [0.05, 0.1) is 5.41 Å². The quantitative estimate of drug-likeness (QED) is 0.161. The van der Waals surface area contributed by atoms with Crippen molar-refractivity contribution in [2.45, 2.75) is 5.41 Å². The van der Waals surface area contributed by atoms with Crippen molar-refractivity contribution >= 4 is 31.5 Å². The van der Waals surface area contributed by atoms with Crippen LogP contribution in [0.25, 0.3) is 87.7 Å². The molecule has 0 bridgehead atoms. The van der Waals surface area contributed by atoms with Crippen molar-refractivity contribution in [1.29, 1.82) is 0 Å². The lowest BCUT2D eigenvalue weighted by Crippen LogP contribution is -2.28. The van der Waals surface area contributed by atoms with E-state index in [4.69, 9.17) is 15.0 Å².